The molecular weight excluding hydrogens is 478 g/mol. The van der Waals surface area contributed by atoms with Gasteiger partial charge in [-0.3, -0.25) is 0 Å². The van der Waals surface area contributed by atoms with E-state index >= 15 is 0 Å². The van der Waals surface area contributed by atoms with E-state index in [9.17, 15) is 0 Å². The lowest BCUT2D eigenvalue weighted by Gasteiger charge is -2.08. The van der Waals surface area contributed by atoms with Gasteiger partial charge in [0.1, 0.15) is 0 Å². The zero-order valence-corrected chi connectivity index (χ0v) is 16.6. The van der Waals surface area contributed by atoms with Crippen molar-refractivity contribution in [1.82, 2.24) is 0 Å². The second-order valence-electron chi connectivity index (χ2n) is 5.06. The van der Waals surface area contributed by atoms with E-state index in [0.29, 0.717) is 21.1 Å². The standard InChI is InChI=1S/C16H24I2O2/c1-13(17)7-9-19-11-15-3-5-16(6-4-15)12-20-10-8-14(2)18/h3-6,13-14H,7-12H2,1-2H3. The molecule has 2 nitrogen and oxygen atoms in total. The Hall–Kier alpha value is 0.600. The maximum absolute atomic E-state index is 5.66. The van der Waals surface area contributed by atoms with Crippen molar-refractivity contribution in [3.63, 3.8) is 0 Å². The fourth-order valence-electron chi connectivity index (χ4n) is 1.60. The first-order valence-electron chi connectivity index (χ1n) is 7.09. The number of ether oxygens (including phenoxy) is 2. The van der Waals surface area contributed by atoms with Crippen molar-refractivity contribution >= 4 is 45.2 Å². The second-order valence-corrected chi connectivity index (χ2v) is 9.31. The summed E-state index contributed by atoms with van der Waals surface area (Å²) in [4.78, 5) is 0. The summed E-state index contributed by atoms with van der Waals surface area (Å²) in [5.41, 5.74) is 2.46. The Morgan fingerprint density at radius 2 is 1.15 bits per heavy atom. The van der Waals surface area contributed by atoms with Crippen molar-refractivity contribution in [2.24, 2.45) is 0 Å². The van der Waals surface area contributed by atoms with Gasteiger partial charge in [0.15, 0.2) is 0 Å². The van der Waals surface area contributed by atoms with Crippen molar-refractivity contribution in [3.05, 3.63) is 35.4 Å². The third kappa shape index (κ3) is 9.52. The van der Waals surface area contributed by atoms with Gasteiger partial charge in [-0.15, -0.1) is 0 Å². The summed E-state index contributed by atoms with van der Waals surface area (Å²) in [6, 6.07) is 8.53. The molecule has 1 aromatic rings. The number of halogens is 2. The summed E-state index contributed by atoms with van der Waals surface area (Å²) in [6.07, 6.45) is 2.23. The van der Waals surface area contributed by atoms with Gasteiger partial charge in [-0.05, 0) is 24.0 Å². The number of benzene rings is 1. The van der Waals surface area contributed by atoms with Gasteiger partial charge in [0.2, 0.25) is 0 Å². The molecule has 0 N–H and O–H groups in total. The van der Waals surface area contributed by atoms with Crippen molar-refractivity contribution in [1.29, 1.82) is 0 Å². The molecule has 0 heterocycles. The average molecular weight is 502 g/mol. The number of hydrogen-bond donors (Lipinski definition) is 0. The van der Waals surface area contributed by atoms with Crippen LogP contribution in [0.25, 0.3) is 0 Å². The van der Waals surface area contributed by atoms with E-state index in [4.69, 9.17) is 9.47 Å². The largest absolute Gasteiger partial charge is 0.377 e. The lowest BCUT2D eigenvalue weighted by Crippen LogP contribution is -2.02. The molecule has 0 saturated heterocycles. The normalized spacial score (nSPS) is 14.2. The lowest BCUT2D eigenvalue weighted by molar-refractivity contribution is 0.117. The molecule has 114 valence electrons. The minimum Gasteiger partial charge on any atom is -0.377 e. The molecule has 20 heavy (non-hydrogen) atoms. The molecule has 0 radical (unpaired) electrons. The predicted octanol–water partition coefficient (Wildman–Crippen LogP) is 5.15. The van der Waals surface area contributed by atoms with Crippen molar-refractivity contribution in [3.8, 4) is 0 Å². The molecule has 2 atom stereocenters. The van der Waals surface area contributed by atoms with Crippen molar-refractivity contribution < 1.29 is 9.47 Å². The van der Waals surface area contributed by atoms with Crippen LogP contribution in [0.3, 0.4) is 0 Å². The summed E-state index contributed by atoms with van der Waals surface area (Å²) in [5, 5.41) is 0. The van der Waals surface area contributed by atoms with E-state index in [1.807, 2.05) is 0 Å². The van der Waals surface area contributed by atoms with Crippen LogP contribution in [0.2, 0.25) is 0 Å². The van der Waals surface area contributed by atoms with Gasteiger partial charge in [-0.25, -0.2) is 0 Å². The number of hydrogen-bond acceptors (Lipinski definition) is 2. The molecule has 0 aromatic heterocycles. The van der Waals surface area contributed by atoms with Crippen LogP contribution >= 0.6 is 45.2 Å². The first-order valence-corrected chi connectivity index (χ1v) is 9.58. The molecule has 1 aromatic carbocycles. The molecule has 0 saturated carbocycles. The fraction of sp³-hybridized carbons (Fsp3) is 0.625. The van der Waals surface area contributed by atoms with Gasteiger partial charge in [0.05, 0.1) is 13.2 Å². The molecule has 0 aliphatic rings. The zero-order valence-electron chi connectivity index (χ0n) is 12.3. The monoisotopic (exact) mass is 502 g/mol. The van der Waals surface area contributed by atoms with Crippen LogP contribution in [0, 0.1) is 0 Å². The van der Waals surface area contributed by atoms with E-state index in [1.165, 1.54) is 11.1 Å². The van der Waals surface area contributed by atoms with E-state index in [-0.39, 0.29) is 0 Å². The van der Waals surface area contributed by atoms with Gasteiger partial charge in [0.25, 0.3) is 0 Å². The molecule has 1 rings (SSSR count). The Bertz CT molecular complexity index is 315. The van der Waals surface area contributed by atoms with Crippen LogP contribution in [0.5, 0.6) is 0 Å². The van der Waals surface area contributed by atoms with E-state index in [0.717, 1.165) is 26.1 Å². The summed E-state index contributed by atoms with van der Waals surface area (Å²) in [6.45, 7) is 7.50. The third-order valence-electron chi connectivity index (χ3n) is 2.88. The van der Waals surface area contributed by atoms with Gasteiger partial charge in [-0.2, -0.15) is 0 Å². The Morgan fingerprint density at radius 3 is 1.45 bits per heavy atom. The van der Waals surface area contributed by atoms with Crippen LogP contribution in [0.4, 0.5) is 0 Å². The van der Waals surface area contributed by atoms with E-state index in [1.54, 1.807) is 0 Å². The molecule has 4 heteroatoms. The highest BCUT2D eigenvalue weighted by molar-refractivity contribution is 14.1. The molecule has 2 unspecified atom stereocenters. The SMILES string of the molecule is CC(I)CCOCc1ccc(COCCC(C)I)cc1. The molecule has 0 aliphatic heterocycles. The lowest BCUT2D eigenvalue weighted by atomic mass is 10.1. The van der Waals surface area contributed by atoms with E-state index < -0.39 is 0 Å². The van der Waals surface area contributed by atoms with Crippen LogP contribution < -0.4 is 0 Å². The molecule has 0 aliphatic carbocycles. The minimum absolute atomic E-state index is 0.678. The van der Waals surface area contributed by atoms with Crippen LogP contribution in [0.1, 0.15) is 37.8 Å². The highest BCUT2D eigenvalue weighted by Crippen LogP contribution is 2.10. The average Bonchev–Trinajstić information content (AvgIpc) is 2.41. The number of rotatable bonds is 10. The Balaban J connectivity index is 2.19. The zero-order chi connectivity index (χ0) is 14.8. The first kappa shape index (κ1) is 18.6. The first-order chi connectivity index (χ1) is 9.58. The topological polar surface area (TPSA) is 18.5 Å². The maximum atomic E-state index is 5.66. The maximum Gasteiger partial charge on any atom is 0.0716 e. The Labute approximate surface area is 150 Å². The highest BCUT2D eigenvalue weighted by Gasteiger charge is 1.99. The Kier molecular flexibility index (Phi) is 10.4. The Morgan fingerprint density at radius 1 is 0.800 bits per heavy atom. The molecule has 0 bridgehead atoms. The molecule has 0 fully saturated rings. The second kappa shape index (κ2) is 11.2. The van der Waals surface area contributed by atoms with Crippen molar-refractivity contribution in [2.75, 3.05) is 13.2 Å². The van der Waals surface area contributed by atoms with Gasteiger partial charge in [0, 0.05) is 21.1 Å². The van der Waals surface area contributed by atoms with Gasteiger partial charge < -0.3 is 9.47 Å². The summed E-state index contributed by atoms with van der Waals surface area (Å²) >= 11 is 4.85. The molecule has 0 amide bonds. The van der Waals surface area contributed by atoms with Crippen LogP contribution in [-0.4, -0.2) is 21.1 Å². The minimum atomic E-state index is 0.678. The third-order valence-corrected chi connectivity index (χ3v) is 4.13. The van der Waals surface area contributed by atoms with Crippen LogP contribution in [-0.2, 0) is 22.7 Å². The van der Waals surface area contributed by atoms with E-state index in [2.05, 4.69) is 83.3 Å². The summed E-state index contributed by atoms with van der Waals surface area (Å²) < 4.78 is 12.7. The molecular formula is C16H24I2O2. The smallest absolute Gasteiger partial charge is 0.0716 e. The van der Waals surface area contributed by atoms with Gasteiger partial charge in [-0.1, -0.05) is 83.3 Å². The summed E-state index contributed by atoms with van der Waals surface area (Å²) in [7, 11) is 0. The summed E-state index contributed by atoms with van der Waals surface area (Å²) in [5.74, 6) is 0. The highest BCUT2D eigenvalue weighted by atomic mass is 127. The quantitative estimate of drug-likeness (QED) is 0.251. The van der Waals surface area contributed by atoms with Crippen LogP contribution in [0.15, 0.2) is 24.3 Å². The predicted molar refractivity (Wildman–Crippen MR) is 102 cm³/mol. The van der Waals surface area contributed by atoms with Crippen molar-refractivity contribution in [2.45, 2.75) is 47.8 Å². The number of alkyl halides is 2. The van der Waals surface area contributed by atoms with Gasteiger partial charge >= 0.3 is 0 Å². The molecule has 0 spiro atoms. The fourth-order valence-corrected chi connectivity index (χ4v) is 2.11.